The predicted octanol–water partition coefficient (Wildman–Crippen LogP) is 2.37. The molecule has 0 saturated heterocycles. The summed E-state index contributed by atoms with van der Waals surface area (Å²) in [5.41, 5.74) is 0.247. The summed E-state index contributed by atoms with van der Waals surface area (Å²) < 4.78 is 26.6. The van der Waals surface area contributed by atoms with Crippen LogP contribution in [0.1, 0.15) is 32.3 Å². The SMILES string of the molecule is CCC[C@H](C)NS(=O)(=O)c1ccc(C)c([N+](=O)[O-])c1. The maximum Gasteiger partial charge on any atom is 0.273 e. The molecule has 0 aliphatic carbocycles. The molecular formula is C12H18N2O4S. The van der Waals surface area contributed by atoms with Crippen LogP contribution < -0.4 is 4.72 Å². The van der Waals surface area contributed by atoms with Crippen molar-refractivity contribution in [2.75, 3.05) is 0 Å². The Morgan fingerprint density at radius 2 is 2.05 bits per heavy atom. The van der Waals surface area contributed by atoms with Crippen LogP contribution in [-0.4, -0.2) is 19.4 Å². The average Bonchev–Trinajstić information content (AvgIpc) is 2.28. The number of nitrogens with one attached hydrogen (secondary N) is 1. The average molecular weight is 286 g/mol. The Balaban J connectivity index is 3.08. The van der Waals surface area contributed by atoms with Crippen LogP contribution in [0.3, 0.4) is 0 Å². The van der Waals surface area contributed by atoms with Gasteiger partial charge in [0.1, 0.15) is 0 Å². The maximum absolute atomic E-state index is 12.1. The number of rotatable bonds is 6. The topological polar surface area (TPSA) is 89.3 Å². The van der Waals surface area contributed by atoms with Crippen LogP contribution in [-0.2, 0) is 10.0 Å². The molecule has 0 heterocycles. The van der Waals surface area contributed by atoms with Crippen molar-refractivity contribution < 1.29 is 13.3 Å². The first-order valence-electron chi connectivity index (χ1n) is 6.05. The molecule has 1 atom stereocenters. The molecule has 106 valence electrons. The lowest BCUT2D eigenvalue weighted by molar-refractivity contribution is -0.385. The monoisotopic (exact) mass is 286 g/mol. The van der Waals surface area contributed by atoms with Crippen LogP contribution in [0, 0.1) is 17.0 Å². The number of benzene rings is 1. The van der Waals surface area contributed by atoms with E-state index in [-0.39, 0.29) is 16.6 Å². The van der Waals surface area contributed by atoms with Crippen LogP contribution in [0.4, 0.5) is 5.69 Å². The first kappa shape index (κ1) is 15.6. The summed E-state index contributed by atoms with van der Waals surface area (Å²) in [7, 11) is -3.71. The second-order valence-corrected chi connectivity index (χ2v) is 6.23. The molecule has 0 aromatic heterocycles. The highest BCUT2D eigenvalue weighted by molar-refractivity contribution is 7.89. The molecule has 0 saturated carbocycles. The molecule has 0 radical (unpaired) electrons. The zero-order valence-electron chi connectivity index (χ0n) is 11.2. The number of sulfonamides is 1. The predicted molar refractivity (Wildman–Crippen MR) is 72.5 cm³/mol. The van der Waals surface area contributed by atoms with Crippen molar-refractivity contribution >= 4 is 15.7 Å². The van der Waals surface area contributed by atoms with E-state index in [9.17, 15) is 18.5 Å². The van der Waals surface area contributed by atoms with Gasteiger partial charge in [0.25, 0.3) is 5.69 Å². The zero-order chi connectivity index (χ0) is 14.6. The van der Waals surface area contributed by atoms with Crippen LogP contribution in [0.15, 0.2) is 23.1 Å². The van der Waals surface area contributed by atoms with Crippen molar-refractivity contribution in [1.82, 2.24) is 4.72 Å². The lowest BCUT2D eigenvalue weighted by Crippen LogP contribution is -2.32. The minimum Gasteiger partial charge on any atom is -0.258 e. The van der Waals surface area contributed by atoms with E-state index in [1.54, 1.807) is 13.8 Å². The van der Waals surface area contributed by atoms with E-state index < -0.39 is 14.9 Å². The Kier molecular flexibility index (Phi) is 5.02. The van der Waals surface area contributed by atoms with Crippen molar-refractivity contribution in [3.8, 4) is 0 Å². The molecule has 0 unspecified atom stereocenters. The van der Waals surface area contributed by atoms with Crippen LogP contribution in [0.25, 0.3) is 0 Å². The Bertz CT molecular complexity index is 569. The Morgan fingerprint density at radius 3 is 2.58 bits per heavy atom. The lowest BCUT2D eigenvalue weighted by atomic mass is 10.2. The molecule has 0 amide bonds. The Hall–Kier alpha value is -1.47. The number of nitro benzene ring substituents is 1. The fraction of sp³-hybridized carbons (Fsp3) is 0.500. The van der Waals surface area contributed by atoms with E-state index in [1.807, 2.05) is 6.92 Å². The van der Waals surface area contributed by atoms with Crippen molar-refractivity contribution in [3.05, 3.63) is 33.9 Å². The van der Waals surface area contributed by atoms with Gasteiger partial charge in [0, 0.05) is 17.7 Å². The van der Waals surface area contributed by atoms with Gasteiger partial charge in [0.05, 0.1) is 9.82 Å². The summed E-state index contributed by atoms with van der Waals surface area (Å²) in [6.45, 7) is 5.30. The third-order valence-electron chi connectivity index (χ3n) is 2.77. The van der Waals surface area contributed by atoms with Crippen LogP contribution >= 0.6 is 0 Å². The molecule has 0 bridgehead atoms. The van der Waals surface area contributed by atoms with Gasteiger partial charge in [-0.15, -0.1) is 0 Å². The summed E-state index contributed by atoms with van der Waals surface area (Å²) >= 11 is 0. The highest BCUT2D eigenvalue weighted by atomic mass is 32.2. The minimum atomic E-state index is -3.71. The van der Waals surface area contributed by atoms with E-state index >= 15 is 0 Å². The molecular weight excluding hydrogens is 268 g/mol. The molecule has 19 heavy (non-hydrogen) atoms. The van der Waals surface area contributed by atoms with Crippen molar-refractivity contribution in [2.45, 2.75) is 44.6 Å². The molecule has 0 aliphatic rings. The molecule has 1 aromatic rings. The molecule has 1 N–H and O–H groups in total. The van der Waals surface area contributed by atoms with Gasteiger partial charge in [-0.25, -0.2) is 13.1 Å². The van der Waals surface area contributed by atoms with E-state index in [2.05, 4.69) is 4.72 Å². The number of nitro groups is 1. The third-order valence-corrected chi connectivity index (χ3v) is 4.35. The first-order chi connectivity index (χ1) is 8.77. The van der Waals surface area contributed by atoms with Crippen molar-refractivity contribution in [2.24, 2.45) is 0 Å². The van der Waals surface area contributed by atoms with Gasteiger partial charge in [0.15, 0.2) is 0 Å². The van der Waals surface area contributed by atoms with Gasteiger partial charge in [-0.2, -0.15) is 0 Å². The minimum absolute atomic E-state index is 0.0762. The molecule has 1 rings (SSSR count). The summed E-state index contributed by atoms with van der Waals surface area (Å²) in [6.07, 6.45) is 1.57. The normalized spacial score (nSPS) is 13.2. The number of hydrogen-bond acceptors (Lipinski definition) is 4. The van der Waals surface area contributed by atoms with Gasteiger partial charge in [-0.1, -0.05) is 19.4 Å². The lowest BCUT2D eigenvalue weighted by Gasteiger charge is -2.13. The second-order valence-electron chi connectivity index (χ2n) is 4.52. The standard InChI is InChI=1S/C12H18N2O4S/c1-4-5-10(3)13-19(17,18)11-7-6-9(2)12(8-11)14(15)16/h6-8,10,13H,4-5H2,1-3H3/t10-/m0/s1. The third kappa shape index (κ3) is 4.00. The number of hydrogen-bond donors (Lipinski definition) is 1. The molecule has 0 aliphatic heterocycles. The van der Waals surface area contributed by atoms with E-state index in [4.69, 9.17) is 0 Å². The summed E-state index contributed by atoms with van der Waals surface area (Å²) in [5, 5.41) is 10.8. The van der Waals surface area contributed by atoms with Crippen molar-refractivity contribution in [1.29, 1.82) is 0 Å². The van der Waals surface area contributed by atoms with E-state index in [0.717, 1.165) is 12.5 Å². The molecule has 0 fully saturated rings. The van der Waals surface area contributed by atoms with Gasteiger partial charge >= 0.3 is 0 Å². The van der Waals surface area contributed by atoms with Crippen LogP contribution in [0.2, 0.25) is 0 Å². The number of aryl methyl sites for hydroxylation is 1. The maximum atomic E-state index is 12.1. The molecule has 7 heteroatoms. The highest BCUT2D eigenvalue weighted by Gasteiger charge is 2.21. The molecule has 6 nitrogen and oxygen atoms in total. The molecule has 0 spiro atoms. The van der Waals surface area contributed by atoms with Gasteiger partial charge < -0.3 is 0 Å². The summed E-state index contributed by atoms with van der Waals surface area (Å²) in [4.78, 5) is 10.2. The van der Waals surface area contributed by atoms with Crippen molar-refractivity contribution in [3.63, 3.8) is 0 Å². The largest absolute Gasteiger partial charge is 0.273 e. The quantitative estimate of drug-likeness (QED) is 0.642. The second kappa shape index (κ2) is 6.12. The van der Waals surface area contributed by atoms with E-state index in [1.165, 1.54) is 12.1 Å². The summed E-state index contributed by atoms with van der Waals surface area (Å²) in [6, 6.07) is 3.71. The van der Waals surface area contributed by atoms with E-state index in [0.29, 0.717) is 12.0 Å². The molecule has 1 aromatic carbocycles. The Labute approximate surface area is 113 Å². The zero-order valence-corrected chi connectivity index (χ0v) is 12.0. The number of nitrogens with zero attached hydrogens (tertiary/aromatic N) is 1. The fourth-order valence-electron chi connectivity index (χ4n) is 1.78. The Morgan fingerprint density at radius 1 is 1.42 bits per heavy atom. The van der Waals surface area contributed by atoms with Gasteiger partial charge in [0.2, 0.25) is 10.0 Å². The fourth-order valence-corrected chi connectivity index (χ4v) is 3.08. The highest BCUT2D eigenvalue weighted by Crippen LogP contribution is 2.22. The van der Waals surface area contributed by atoms with Gasteiger partial charge in [-0.3, -0.25) is 10.1 Å². The van der Waals surface area contributed by atoms with Gasteiger partial charge in [-0.05, 0) is 26.3 Å². The van der Waals surface area contributed by atoms with Crippen LogP contribution in [0.5, 0.6) is 0 Å². The smallest absolute Gasteiger partial charge is 0.258 e. The summed E-state index contributed by atoms with van der Waals surface area (Å²) in [5.74, 6) is 0. The first-order valence-corrected chi connectivity index (χ1v) is 7.53.